The maximum atomic E-state index is 11.8. The number of amides is 1. The van der Waals surface area contributed by atoms with Crippen LogP contribution in [0.2, 0.25) is 0 Å². The highest BCUT2D eigenvalue weighted by Gasteiger charge is 2.09. The highest BCUT2D eigenvalue weighted by molar-refractivity contribution is 5.92. The summed E-state index contributed by atoms with van der Waals surface area (Å²) >= 11 is 0. The fourth-order valence-corrected chi connectivity index (χ4v) is 1.64. The molecule has 0 aromatic carbocycles. The second-order valence-corrected chi connectivity index (χ2v) is 4.14. The summed E-state index contributed by atoms with van der Waals surface area (Å²) < 4.78 is 3.51. The molecule has 2 aromatic rings. The SMILES string of the molecule is CCn1ccc(C(=O)NCc2cc(C)n(C)n2)n1. The molecule has 0 saturated carbocycles. The topological polar surface area (TPSA) is 64.7 Å². The fourth-order valence-electron chi connectivity index (χ4n) is 1.64. The molecule has 18 heavy (non-hydrogen) atoms. The van der Waals surface area contributed by atoms with Gasteiger partial charge in [-0.2, -0.15) is 10.2 Å². The monoisotopic (exact) mass is 247 g/mol. The molecule has 0 fully saturated rings. The quantitative estimate of drug-likeness (QED) is 0.872. The average Bonchev–Trinajstić information content (AvgIpc) is 2.94. The Bertz CT molecular complexity index is 535. The van der Waals surface area contributed by atoms with Gasteiger partial charge in [0.1, 0.15) is 5.69 Å². The Morgan fingerprint density at radius 3 is 2.78 bits per heavy atom. The Kier molecular flexibility index (Phi) is 3.45. The summed E-state index contributed by atoms with van der Waals surface area (Å²) in [5.74, 6) is -0.175. The van der Waals surface area contributed by atoms with Gasteiger partial charge in [0.2, 0.25) is 0 Å². The van der Waals surface area contributed by atoms with Gasteiger partial charge in [0.15, 0.2) is 0 Å². The first-order chi connectivity index (χ1) is 8.60. The standard InChI is InChI=1S/C12H17N5O/c1-4-17-6-5-11(15-17)12(18)13-8-10-7-9(2)16(3)14-10/h5-7H,4,8H2,1-3H3,(H,13,18). The Morgan fingerprint density at radius 1 is 1.44 bits per heavy atom. The largest absolute Gasteiger partial charge is 0.345 e. The predicted octanol–water partition coefficient (Wildman–Crippen LogP) is 0.875. The molecule has 6 heteroatoms. The lowest BCUT2D eigenvalue weighted by Crippen LogP contribution is -2.23. The molecule has 0 spiro atoms. The van der Waals surface area contributed by atoms with E-state index in [-0.39, 0.29) is 5.91 Å². The van der Waals surface area contributed by atoms with E-state index in [2.05, 4.69) is 15.5 Å². The normalized spacial score (nSPS) is 10.6. The lowest BCUT2D eigenvalue weighted by atomic mass is 10.3. The molecule has 0 aliphatic heterocycles. The molecule has 0 aliphatic rings. The van der Waals surface area contributed by atoms with Crippen LogP contribution in [0.15, 0.2) is 18.3 Å². The van der Waals surface area contributed by atoms with Crippen molar-refractivity contribution in [3.05, 3.63) is 35.4 Å². The van der Waals surface area contributed by atoms with Crippen LogP contribution in [0, 0.1) is 6.92 Å². The van der Waals surface area contributed by atoms with Crippen LogP contribution < -0.4 is 5.32 Å². The molecule has 2 rings (SSSR count). The molecule has 0 radical (unpaired) electrons. The molecule has 1 N–H and O–H groups in total. The highest BCUT2D eigenvalue weighted by Crippen LogP contribution is 2.01. The van der Waals surface area contributed by atoms with Gasteiger partial charge in [-0.05, 0) is 26.0 Å². The third-order valence-electron chi connectivity index (χ3n) is 2.79. The van der Waals surface area contributed by atoms with Gasteiger partial charge in [-0.25, -0.2) is 0 Å². The van der Waals surface area contributed by atoms with E-state index in [0.29, 0.717) is 12.2 Å². The predicted molar refractivity (Wildman–Crippen MR) is 67.0 cm³/mol. The molecule has 1 amide bonds. The molecule has 0 bridgehead atoms. The molecule has 6 nitrogen and oxygen atoms in total. The molecule has 0 unspecified atom stereocenters. The van der Waals surface area contributed by atoms with E-state index in [9.17, 15) is 4.79 Å². The lowest BCUT2D eigenvalue weighted by Gasteiger charge is -2.00. The van der Waals surface area contributed by atoms with Crippen molar-refractivity contribution in [1.82, 2.24) is 24.9 Å². The number of aryl methyl sites for hydroxylation is 3. The van der Waals surface area contributed by atoms with E-state index in [1.807, 2.05) is 27.0 Å². The summed E-state index contributed by atoms with van der Waals surface area (Å²) in [4.78, 5) is 11.8. The third-order valence-corrected chi connectivity index (χ3v) is 2.79. The van der Waals surface area contributed by atoms with Crippen LogP contribution in [-0.4, -0.2) is 25.5 Å². The van der Waals surface area contributed by atoms with Gasteiger partial charge in [0.05, 0.1) is 12.2 Å². The maximum absolute atomic E-state index is 11.8. The van der Waals surface area contributed by atoms with E-state index >= 15 is 0 Å². The zero-order valence-electron chi connectivity index (χ0n) is 10.8. The van der Waals surface area contributed by atoms with Crippen molar-refractivity contribution in [3.8, 4) is 0 Å². The zero-order chi connectivity index (χ0) is 13.1. The first-order valence-electron chi connectivity index (χ1n) is 5.91. The molecular weight excluding hydrogens is 230 g/mol. The van der Waals surface area contributed by atoms with Crippen molar-refractivity contribution >= 4 is 5.91 Å². The Hall–Kier alpha value is -2.11. The van der Waals surface area contributed by atoms with Crippen molar-refractivity contribution < 1.29 is 4.79 Å². The van der Waals surface area contributed by atoms with E-state index in [1.54, 1.807) is 21.6 Å². The number of nitrogens with zero attached hydrogens (tertiary/aromatic N) is 4. The van der Waals surface area contributed by atoms with Crippen LogP contribution >= 0.6 is 0 Å². The number of rotatable bonds is 4. The maximum Gasteiger partial charge on any atom is 0.272 e. The fraction of sp³-hybridized carbons (Fsp3) is 0.417. The van der Waals surface area contributed by atoms with Crippen molar-refractivity contribution in [3.63, 3.8) is 0 Å². The van der Waals surface area contributed by atoms with Crippen molar-refractivity contribution in [2.24, 2.45) is 7.05 Å². The number of carbonyl (C=O) groups excluding carboxylic acids is 1. The summed E-state index contributed by atoms with van der Waals surface area (Å²) in [5, 5.41) is 11.2. The van der Waals surface area contributed by atoms with Crippen LogP contribution in [0.3, 0.4) is 0 Å². The Labute approximate surface area is 106 Å². The van der Waals surface area contributed by atoms with Gasteiger partial charge in [-0.1, -0.05) is 0 Å². The van der Waals surface area contributed by atoms with Crippen molar-refractivity contribution in [2.45, 2.75) is 26.9 Å². The van der Waals surface area contributed by atoms with E-state index in [0.717, 1.165) is 17.9 Å². The minimum atomic E-state index is -0.175. The summed E-state index contributed by atoms with van der Waals surface area (Å²) in [6.07, 6.45) is 1.79. The molecular formula is C12H17N5O. The number of hydrogen-bond donors (Lipinski definition) is 1. The molecule has 2 heterocycles. The second-order valence-electron chi connectivity index (χ2n) is 4.14. The summed E-state index contributed by atoms with van der Waals surface area (Å²) in [7, 11) is 1.88. The minimum Gasteiger partial charge on any atom is -0.345 e. The first-order valence-corrected chi connectivity index (χ1v) is 5.91. The van der Waals surface area contributed by atoms with E-state index in [4.69, 9.17) is 0 Å². The summed E-state index contributed by atoms with van der Waals surface area (Å²) in [6.45, 7) is 5.12. The van der Waals surface area contributed by atoms with Gasteiger partial charge in [0, 0.05) is 25.5 Å². The van der Waals surface area contributed by atoms with Crippen molar-refractivity contribution in [1.29, 1.82) is 0 Å². The Balaban J connectivity index is 1.95. The first kappa shape index (κ1) is 12.3. The van der Waals surface area contributed by atoms with Gasteiger partial charge >= 0.3 is 0 Å². The summed E-state index contributed by atoms with van der Waals surface area (Å²) in [6, 6.07) is 3.66. The number of hydrogen-bond acceptors (Lipinski definition) is 3. The van der Waals surface area contributed by atoms with Crippen LogP contribution in [0.4, 0.5) is 0 Å². The van der Waals surface area contributed by atoms with Crippen LogP contribution in [0.5, 0.6) is 0 Å². The van der Waals surface area contributed by atoms with Crippen LogP contribution in [0.1, 0.15) is 28.8 Å². The van der Waals surface area contributed by atoms with Crippen molar-refractivity contribution in [2.75, 3.05) is 0 Å². The van der Waals surface area contributed by atoms with Crippen LogP contribution in [0.25, 0.3) is 0 Å². The zero-order valence-corrected chi connectivity index (χ0v) is 10.8. The molecule has 0 aliphatic carbocycles. The Morgan fingerprint density at radius 2 is 2.22 bits per heavy atom. The number of aromatic nitrogens is 4. The van der Waals surface area contributed by atoms with E-state index in [1.165, 1.54) is 0 Å². The smallest absolute Gasteiger partial charge is 0.272 e. The van der Waals surface area contributed by atoms with Gasteiger partial charge in [-0.15, -0.1) is 0 Å². The molecule has 96 valence electrons. The van der Waals surface area contributed by atoms with Gasteiger partial charge < -0.3 is 5.32 Å². The molecule has 2 aromatic heterocycles. The average molecular weight is 247 g/mol. The summed E-state index contributed by atoms with van der Waals surface area (Å²) in [5.41, 5.74) is 2.34. The third kappa shape index (κ3) is 2.58. The second kappa shape index (κ2) is 5.03. The van der Waals surface area contributed by atoms with E-state index < -0.39 is 0 Å². The number of carbonyl (C=O) groups is 1. The minimum absolute atomic E-state index is 0.175. The lowest BCUT2D eigenvalue weighted by molar-refractivity contribution is 0.0944. The number of nitrogens with one attached hydrogen (secondary N) is 1. The molecule has 0 atom stereocenters. The van der Waals surface area contributed by atoms with Gasteiger partial charge in [0.25, 0.3) is 5.91 Å². The van der Waals surface area contributed by atoms with Gasteiger partial charge in [-0.3, -0.25) is 14.2 Å². The molecule has 0 saturated heterocycles. The van der Waals surface area contributed by atoms with Crippen LogP contribution in [-0.2, 0) is 20.1 Å². The highest BCUT2D eigenvalue weighted by atomic mass is 16.1.